The molecule has 0 bridgehead atoms. The van der Waals surface area contributed by atoms with Crippen LogP contribution in [-0.2, 0) is 29.1 Å². The second kappa shape index (κ2) is 15.6. The van der Waals surface area contributed by atoms with Gasteiger partial charge in [-0.25, -0.2) is 23.2 Å². The zero-order valence-electron chi connectivity index (χ0n) is 31.1. The van der Waals surface area contributed by atoms with Crippen LogP contribution >= 0.6 is 11.3 Å². The predicted octanol–water partition coefficient (Wildman–Crippen LogP) is 4.37. The first-order valence-corrected chi connectivity index (χ1v) is 21.8. The molecule has 2 aliphatic heterocycles. The van der Waals surface area contributed by atoms with E-state index in [1.54, 1.807) is 25.3 Å². The highest BCUT2D eigenvalue weighted by molar-refractivity contribution is 7.91. The summed E-state index contributed by atoms with van der Waals surface area (Å²) in [5.74, 6) is -1.49. The molecule has 17 heteroatoms. The number of alkyl carbamates (subject to hydrolysis) is 1. The van der Waals surface area contributed by atoms with Gasteiger partial charge in [0.05, 0.1) is 34.8 Å². The first-order valence-electron chi connectivity index (χ1n) is 19.4. The van der Waals surface area contributed by atoms with Crippen LogP contribution in [0.25, 0.3) is 21.6 Å². The highest BCUT2D eigenvalue weighted by Gasteiger charge is 2.62. The fourth-order valence-corrected chi connectivity index (χ4v) is 9.69. The minimum atomic E-state index is -3.90. The van der Waals surface area contributed by atoms with Gasteiger partial charge in [-0.05, 0) is 81.4 Å². The third-order valence-electron chi connectivity index (χ3n) is 11.3. The van der Waals surface area contributed by atoms with Gasteiger partial charge in [0.2, 0.25) is 27.7 Å². The van der Waals surface area contributed by atoms with Crippen molar-refractivity contribution >= 4 is 56.2 Å². The lowest BCUT2D eigenvalue weighted by molar-refractivity contribution is -0.141. The van der Waals surface area contributed by atoms with Crippen LogP contribution in [-0.4, -0.2) is 95.8 Å². The third-order valence-corrected chi connectivity index (χ3v) is 14.0. The maximum atomic E-state index is 14.6. The Morgan fingerprint density at radius 1 is 1.00 bits per heavy atom. The molecule has 3 N–H and O–H groups in total. The summed E-state index contributed by atoms with van der Waals surface area (Å²) >= 11 is 1.46. The van der Waals surface area contributed by atoms with Gasteiger partial charge in [0.1, 0.15) is 41.3 Å². The molecule has 3 aromatic rings. The molecule has 2 aromatic heterocycles. The zero-order chi connectivity index (χ0) is 39.0. The Morgan fingerprint density at radius 2 is 1.84 bits per heavy atom. The van der Waals surface area contributed by atoms with E-state index in [1.165, 1.54) is 16.2 Å². The van der Waals surface area contributed by atoms with Gasteiger partial charge in [-0.15, -0.1) is 11.3 Å². The van der Waals surface area contributed by atoms with Crippen LogP contribution in [0.4, 0.5) is 4.79 Å². The summed E-state index contributed by atoms with van der Waals surface area (Å²) in [6.45, 7) is -0.0302. The first kappa shape index (κ1) is 38.1. The fraction of sp³-hybridized carbons (Fsp3) is 0.538. The van der Waals surface area contributed by atoms with E-state index in [1.807, 2.05) is 29.7 Å². The number of hydrogen-bond acceptors (Lipinski definition) is 12. The zero-order valence-corrected chi connectivity index (χ0v) is 32.7. The Morgan fingerprint density at radius 3 is 2.57 bits per heavy atom. The number of carbonyl (C=O) groups is 4. The van der Waals surface area contributed by atoms with Crippen LogP contribution in [0.1, 0.15) is 77.0 Å². The van der Waals surface area contributed by atoms with Crippen molar-refractivity contribution in [1.82, 2.24) is 30.2 Å². The van der Waals surface area contributed by atoms with Gasteiger partial charge >= 0.3 is 6.09 Å². The molecular formula is C39H46N6O9S2. The number of fused-ring (bicyclic) bond motifs is 3. The molecule has 1 saturated heterocycles. The second-order valence-electron chi connectivity index (χ2n) is 15.4. The Bertz CT molecular complexity index is 2140. The average molecular weight is 807 g/mol. The Labute approximate surface area is 329 Å². The highest BCUT2D eigenvalue weighted by Crippen LogP contribution is 2.46. The van der Waals surface area contributed by atoms with Crippen molar-refractivity contribution in [2.75, 3.05) is 13.7 Å². The average Bonchev–Trinajstić information content (AvgIpc) is 4.03. The summed E-state index contributed by atoms with van der Waals surface area (Å²) in [6, 6.07) is 7.01. The van der Waals surface area contributed by atoms with E-state index in [9.17, 15) is 27.6 Å². The lowest BCUT2D eigenvalue weighted by Crippen LogP contribution is -2.58. The van der Waals surface area contributed by atoms with Crippen molar-refractivity contribution in [1.29, 1.82) is 0 Å². The Kier molecular flexibility index (Phi) is 10.6. The number of rotatable bonds is 9. The van der Waals surface area contributed by atoms with Crippen LogP contribution < -0.4 is 24.8 Å². The number of carbonyl (C=O) groups excluding carboxylic acids is 4. The molecule has 8 rings (SSSR count). The normalized spacial score (nSPS) is 27.7. The van der Waals surface area contributed by atoms with Gasteiger partial charge < -0.3 is 29.7 Å². The molecule has 3 saturated carbocycles. The molecule has 1 aromatic carbocycles. The number of amides is 4. The van der Waals surface area contributed by atoms with Crippen molar-refractivity contribution in [3.05, 3.63) is 47.9 Å². The number of benzene rings is 1. The maximum absolute atomic E-state index is 14.6. The summed E-state index contributed by atoms with van der Waals surface area (Å²) < 4.78 is 45.5. The molecule has 0 spiro atoms. The van der Waals surface area contributed by atoms with Crippen molar-refractivity contribution < 1.29 is 41.8 Å². The molecule has 4 fully saturated rings. The summed E-state index contributed by atoms with van der Waals surface area (Å²) in [5, 5.41) is 6.97. The smallest absolute Gasteiger partial charge is 0.408 e. The molecule has 56 heavy (non-hydrogen) atoms. The lowest BCUT2D eigenvalue weighted by Gasteiger charge is -2.31. The quantitative estimate of drug-likeness (QED) is 0.260. The summed E-state index contributed by atoms with van der Waals surface area (Å²) in [7, 11) is -2.33. The molecule has 15 nitrogen and oxygen atoms in total. The first-order chi connectivity index (χ1) is 27.0. The van der Waals surface area contributed by atoms with Gasteiger partial charge in [-0.2, -0.15) is 0 Å². The minimum Gasteiger partial charge on any atom is -0.497 e. The molecular weight excluding hydrogens is 761 g/mol. The number of aromatic nitrogens is 2. The van der Waals surface area contributed by atoms with Gasteiger partial charge in [-0.3, -0.25) is 19.1 Å². The number of nitrogens with zero attached hydrogens (tertiary/aromatic N) is 3. The monoisotopic (exact) mass is 806 g/mol. The van der Waals surface area contributed by atoms with E-state index >= 15 is 0 Å². The summed E-state index contributed by atoms with van der Waals surface area (Å²) in [4.78, 5) is 67.8. The van der Waals surface area contributed by atoms with E-state index in [4.69, 9.17) is 24.2 Å². The highest BCUT2D eigenvalue weighted by atomic mass is 32.2. The van der Waals surface area contributed by atoms with Crippen LogP contribution in [0, 0.1) is 5.92 Å². The standard InChI is InChI=1S/C39H46N6O9S2/c1-52-25-14-17-28-30(19-25)40-33(32-13-8-18-55-32)35(41-28)53-26-20-31-34(46)43-39(37(48)44-56(50,51)27-15-16-27)21-23(39)9-5-3-2-4-6-12-29(36(47)45(31)22-26)42-38(49)54-24-10-7-11-24/h5,8-9,13-14,17-19,23-24,26-27,29,31H,2-4,6-7,10-12,15-16,20-22H2,1H3,(H,42,49)(H,43,46)(H,44,48)/b9-5-/t23-,26-,29+,31+,39-/m1/s1. The van der Waals surface area contributed by atoms with Crippen LogP contribution in [0.15, 0.2) is 47.9 Å². The molecule has 3 aliphatic carbocycles. The number of nitrogens with one attached hydrogen (secondary N) is 3. The number of sulfonamides is 1. The van der Waals surface area contributed by atoms with E-state index in [-0.39, 0.29) is 31.4 Å². The van der Waals surface area contributed by atoms with Gasteiger partial charge in [-0.1, -0.05) is 31.1 Å². The molecule has 0 unspecified atom stereocenters. The SMILES string of the molecule is COc1ccc2nc(O[C@@H]3C[C@H]4C(=O)N[C@]5(C(=O)NS(=O)(=O)C6CC6)C[C@H]5/C=C\CCCCC[C@H](NC(=O)OC5CCC5)C(=O)N4C3)c(-c3cccs3)nc2c1. The second-order valence-corrected chi connectivity index (χ2v) is 18.3. The van der Waals surface area contributed by atoms with E-state index in [0.717, 1.165) is 37.0 Å². The number of thiophene rings is 1. The molecule has 298 valence electrons. The third kappa shape index (κ3) is 8.06. The van der Waals surface area contributed by atoms with Crippen molar-refractivity contribution in [3.8, 4) is 22.2 Å². The number of hydrogen-bond donors (Lipinski definition) is 3. The number of methoxy groups -OCH3 is 1. The van der Waals surface area contributed by atoms with Gasteiger partial charge in [0, 0.05) is 18.4 Å². The molecule has 4 amide bonds. The Balaban J connectivity index is 1.11. The van der Waals surface area contributed by atoms with Gasteiger partial charge in [0.15, 0.2) is 0 Å². The van der Waals surface area contributed by atoms with E-state index in [2.05, 4.69) is 15.4 Å². The molecule has 5 atom stereocenters. The van der Waals surface area contributed by atoms with E-state index in [0.29, 0.717) is 54.6 Å². The predicted molar refractivity (Wildman–Crippen MR) is 206 cm³/mol. The molecule has 5 aliphatic rings. The molecule has 0 radical (unpaired) electrons. The number of ether oxygens (including phenoxy) is 3. The van der Waals surface area contributed by atoms with Crippen molar-refractivity contribution in [2.24, 2.45) is 5.92 Å². The summed E-state index contributed by atoms with van der Waals surface area (Å²) in [5.41, 5.74) is 0.125. The van der Waals surface area contributed by atoms with Crippen molar-refractivity contribution in [3.63, 3.8) is 0 Å². The van der Waals surface area contributed by atoms with Crippen molar-refractivity contribution in [2.45, 2.75) is 112 Å². The van der Waals surface area contributed by atoms with Gasteiger partial charge in [0.25, 0.3) is 5.91 Å². The Hall–Kier alpha value is -4.77. The van der Waals surface area contributed by atoms with E-state index < -0.39 is 68.7 Å². The van der Waals surface area contributed by atoms with Crippen LogP contribution in [0.3, 0.4) is 0 Å². The van der Waals surface area contributed by atoms with Crippen LogP contribution in [0.2, 0.25) is 0 Å². The fourth-order valence-electron chi connectivity index (χ4n) is 7.62. The number of allylic oxidation sites excluding steroid dienone is 1. The summed E-state index contributed by atoms with van der Waals surface area (Å²) in [6.07, 6.45) is 9.12. The molecule has 4 heterocycles. The minimum absolute atomic E-state index is 0.0294. The lowest BCUT2D eigenvalue weighted by atomic mass is 9.96. The van der Waals surface area contributed by atoms with Crippen LogP contribution in [0.5, 0.6) is 11.6 Å². The maximum Gasteiger partial charge on any atom is 0.408 e. The topological polar surface area (TPSA) is 195 Å². The largest absolute Gasteiger partial charge is 0.497 e.